The molecule has 0 aliphatic rings. The van der Waals surface area contributed by atoms with Crippen LogP contribution in [-0.4, -0.2) is 10.9 Å². The van der Waals surface area contributed by atoms with Gasteiger partial charge in [0.1, 0.15) is 0 Å². The van der Waals surface area contributed by atoms with Crippen LogP contribution in [0.5, 0.6) is 0 Å². The molecule has 2 aromatic carbocycles. The highest BCUT2D eigenvalue weighted by molar-refractivity contribution is 5.98. The van der Waals surface area contributed by atoms with Crippen LogP contribution in [0, 0.1) is 13.8 Å². The van der Waals surface area contributed by atoms with Crippen molar-refractivity contribution in [3.05, 3.63) is 77.0 Å². The van der Waals surface area contributed by atoms with Crippen molar-refractivity contribution in [2.24, 2.45) is 0 Å². The normalized spacial score (nSPS) is 12.1. The van der Waals surface area contributed by atoms with E-state index in [0.29, 0.717) is 5.56 Å². The van der Waals surface area contributed by atoms with Gasteiger partial charge in [-0.1, -0.05) is 42.0 Å². The van der Waals surface area contributed by atoms with Crippen molar-refractivity contribution < 1.29 is 4.79 Å². The van der Waals surface area contributed by atoms with Crippen LogP contribution in [0.15, 0.2) is 54.6 Å². The van der Waals surface area contributed by atoms with Crippen molar-refractivity contribution in [3.63, 3.8) is 0 Å². The summed E-state index contributed by atoms with van der Waals surface area (Å²) in [5.41, 5.74) is 4.54. The fourth-order valence-corrected chi connectivity index (χ4v) is 2.72. The molecule has 0 spiro atoms. The molecular weight excluding hydrogens is 284 g/mol. The molecule has 0 aliphatic heterocycles. The number of aromatic nitrogens is 1. The van der Waals surface area contributed by atoms with E-state index >= 15 is 0 Å². The Bertz CT molecular complexity index is 856. The molecule has 3 aromatic rings. The summed E-state index contributed by atoms with van der Waals surface area (Å²) in [6.45, 7) is 5.90. The average Bonchev–Trinajstić information content (AvgIpc) is 2.55. The second-order valence-corrected chi connectivity index (χ2v) is 5.92. The highest BCUT2D eigenvalue weighted by Crippen LogP contribution is 2.19. The fraction of sp³-hybridized carbons (Fsp3) is 0.200. The lowest BCUT2D eigenvalue weighted by atomic mass is 10.1. The predicted molar refractivity (Wildman–Crippen MR) is 93.5 cm³/mol. The fourth-order valence-electron chi connectivity index (χ4n) is 2.72. The first kappa shape index (κ1) is 15.2. The number of carbonyl (C=O) groups excluding carboxylic acids is 1. The van der Waals surface area contributed by atoms with Gasteiger partial charge < -0.3 is 5.32 Å². The highest BCUT2D eigenvalue weighted by Gasteiger charge is 2.15. The highest BCUT2D eigenvalue weighted by atomic mass is 16.1. The number of aryl methyl sites for hydroxylation is 2. The van der Waals surface area contributed by atoms with E-state index in [1.807, 2.05) is 69.3 Å². The number of pyridine rings is 1. The molecule has 0 saturated carbocycles. The molecule has 23 heavy (non-hydrogen) atoms. The van der Waals surface area contributed by atoms with Gasteiger partial charge in [0.2, 0.25) is 0 Å². The van der Waals surface area contributed by atoms with Crippen molar-refractivity contribution in [3.8, 4) is 0 Å². The molecule has 116 valence electrons. The second-order valence-electron chi connectivity index (χ2n) is 5.92. The third kappa shape index (κ3) is 3.24. The monoisotopic (exact) mass is 304 g/mol. The maximum atomic E-state index is 12.6. The lowest BCUT2D eigenvalue weighted by Crippen LogP contribution is -2.27. The van der Waals surface area contributed by atoms with Crippen molar-refractivity contribution in [1.29, 1.82) is 0 Å². The number of benzene rings is 2. The van der Waals surface area contributed by atoms with Gasteiger partial charge in [-0.15, -0.1) is 0 Å². The summed E-state index contributed by atoms with van der Waals surface area (Å²) in [5, 5.41) is 4.05. The third-order valence-electron chi connectivity index (χ3n) is 4.05. The van der Waals surface area contributed by atoms with E-state index in [1.54, 1.807) is 0 Å². The average molecular weight is 304 g/mol. The van der Waals surface area contributed by atoms with Gasteiger partial charge in [-0.2, -0.15) is 0 Å². The SMILES string of the molecule is Cc1ccc2nc(C)c(C(=O)N[C@@H](C)c3ccccc3)cc2c1. The number of rotatable bonds is 3. The van der Waals surface area contributed by atoms with Crippen LogP contribution >= 0.6 is 0 Å². The number of nitrogens with one attached hydrogen (secondary N) is 1. The molecule has 1 aromatic heterocycles. The molecule has 1 N–H and O–H groups in total. The zero-order chi connectivity index (χ0) is 16.4. The van der Waals surface area contributed by atoms with Crippen molar-refractivity contribution in [2.45, 2.75) is 26.8 Å². The minimum Gasteiger partial charge on any atom is -0.345 e. The second kappa shape index (κ2) is 6.21. The Morgan fingerprint density at radius 1 is 1.04 bits per heavy atom. The van der Waals surface area contributed by atoms with E-state index in [-0.39, 0.29) is 11.9 Å². The van der Waals surface area contributed by atoms with Gasteiger partial charge in [-0.05, 0) is 44.5 Å². The molecular formula is C20H20N2O. The summed E-state index contributed by atoms with van der Waals surface area (Å²) in [6.07, 6.45) is 0. The van der Waals surface area contributed by atoms with Crippen molar-refractivity contribution >= 4 is 16.8 Å². The molecule has 0 radical (unpaired) electrons. The van der Waals surface area contributed by atoms with Crippen LogP contribution in [0.4, 0.5) is 0 Å². The number of carbonyl (C=O) groups is 1. The molecule has 1 amide bonds. The van der Waals surface area contributed by atoms with Gasteiger partial charge in [0.15, 0.2) is 0 Å². The van der Waals surface area contributed by atoms with E-state index < -0.39 is 0 Å². The first-order valence-electron chi connectivity index (χ1n) is 7.78. The number of fused-ring (bicyclic) bond motifs is 1. The Labute approximate surface area is 136 Å². The first-order valence-corrected chi connectivity index (χ1v) is 7.78. The first-order chi connectivity index (χ1) is 11.0. The van der Waals surface area contributed by atoms with Crippen molar-refractivity contribution in [2.75, 3.05) is 0 Å². The van der Waals surface area contributed by atoms with E-state index in [4.69, 9.17) is 0 Å². The quantitative estimate of drug-likeness (QED) is 0.782. The van der Waals surface area contributed by atoms with Gasteiger partial charge >= 0.3 is 0 Å². The van der Waals surface area contributed by atoms with E-state index in [0.717, 1.165) is 27.7 Å². The minimum absolute atomic E-state index is 0.0451. The third-order valence-corrected chi connectivity index (χ3v) is 4.05. The lowest BCUT2D eigenvalue weighted by Gasteiger charge is -2.15. The predicted octanol–water partition coefficient (Wildman–Crippen LogP) is 4.34. The Morgan fingerprint density at radius 2 is 1.78 bits per heavy atom. The molecule has 0 saturated heterocycles. The summed E-state index contributed by atoms with van der Waals surface area (Å²) >= 11 is 0. The number of hydrogen-bond acceptors (Lipinski definition) is 2. The smallest absolute Gasteiger partial charge is 0.253 e. The zero-order valence-electron chi connectivity index (χ0n) is 13.6. The molecule has 1 heterocycles. The zero-order valence-corrected chi connectivity index (χ0v) is 13.6. The molecule has 0 bridgehead atoms. The Balaban J connectivity index is 1.90. The van der Waals surface area contributed by atoms with Gasteiger partial charge in [-0.25, -0.2) is 0 Å². The van der Waals surface area contributed by atoms with E-state index in [1.165, 1.54) is 0 Å². The molecule has 3 nitrogen and oxygen atoms in total. The van der Waals surface area contributed by atoms with E-state index in [9.17, 15) is 4.79 Å². The van der Waals surface area contributed by atoms with E-state index in [2.05, 4.69) is 16.4 Å². The molecule has 3 rings (SSSR count). The summed E-state index contributed by atoms with van der Waals surface area (Å²) in [4.78, 5) is 17.2. The Kier molecular flexibility index (Phi) is 4.11. The van der Waals surface area contributed by atoms with Crippen LogP contribution in [0.1, 0.15) is 40.1 Å². The summed E-state index contributed by atoms with van der Waals surface area (Å²) in [5.74, 6) is -0.0882. The standard InChI is InChI=1S/C20H20N2O/c1-13-9-10-19-17(11-13)12-18(15(3)21-19)20(23)22-14(2)16-7-5-4-6-8-16/h4-12,14H,1-3H3,(H,22,23)/t14-/m0/s1. The van der Waals surface area contributed by atoms with Crippen LogP contribution in [0.25, 0.3) is 10.9 Å². The summed E-state index contributed by atoms with van der Waals surface area (Å²) < 4.78 is 0. The lowest BCUT2D eigenvalue weighted by molar-refractivity contribution is 0.0939. The van der Waals surface area contributed by atoms with Gasteiger partial charge in [0, 0.05) is 5.39 Å². The van der Waals surface area contributed by atoms with Crippen molar-refractivity contribution in [1.82, 2.24) is 10.3 Å². The van der Waals surface area contributed by atoms with Gasteiger partial charge in [0.25, 0.3) is 5.91 Å². The van der Waals surface area contributed by atoms with Crippen LogP contribution in [-0.2, 0) is 0 Å². The van der Waals surface area contributed by atoms with Crippen LogP contribution in [0.2, 0.25) is 0 Å². The van der Waals surface area contributed by atoms with Gasteiger partial charge in [-0.3, -0.25) is 9.78 Å². The van der Waals surface area contributed by atoms with Gasteiger partial charge in [0.05, 0.1) is 22.8 Å². The Hall–Kier alpha value is -2.68. The molecule has 0 aliphatic carbocycles. The maximum absolute atomic E-state index is 12.6. The number of amides is 1. The Morgan fingerprint density at radius 3 is 2.52 bits per heavy atom. The molecule has 3 heteroatoms. The number of nitrogens with zero attached hydrogens (tertiary/aromatic N) is 1. The minimum atomic E-state index is -0.0882. The molecule has 0 unspecified atom stereocenters. The maximum Gasteiger partial charge on any atom is 0.253 e. The molecule has 0 fully saturated rings. The largest absolute Gasteiger partial charge is 0.345 e. The number of hydrogen-bond donors (Lipinski definition) is 1. The van der Waals surface area contributed by atoms with Crippen LogP contribution in [0.3, 0.4) is 0 Å². The summed E-state index contributed by atoms with van der Waals surface area (Å²) in [7, 11) is 0. The molecule has 1 atom stereocenters. The summed E-state index contributed by atoms with van der Waals surface area (Å²) in [6, 6.07) is 17.9. The topological polar surface area (TPSA) is 42.0 Å². The van der Waals surface area contributed by atoms with Crippen LogP contribution < -0.4 is 5.32 Å².